The number of pyridine rings is 1. The summed E-state index contributed by atoms with van der Waals surface area (Å²) in [5.41, 5.74) is 1.82. The van der Waals surface area contributed by atoms with E-state index in [0.717, 1.165) is 68.3 Å². The van der Waals surface area contributed by atoms with E-state index in [0.29, 0.717) is 28.4 Å². The SMILES string of the molecule is CNc1nc(OCC23CCCN2CCC3)nc2c(F)c(-c3cccc4cccc(Cl)c34)ncc12.O=C(/C=C/c1ccncn1)N1CCCC1. The molecule has 1 amide bonds. The molecule has 2 aromatic carbocycles. The molecule has 0 unspecified atom stereocenters. The Bertz CT molecular complexity index is 1990. The fourth-order valence-corrected chi connectivity index (χ4v) is 7.51. The first kappa shape index (κ1) is 32.8. The predicted molar refractivity (Wildman–Crippen MR) is 190 cm³/mol. The van der Waals surface area contributed by atoms with Crippen LogP contribution in [0.2, 0.25) is 5.02 Å². The monoisotopic (exact) mass is 680 g/mol. The Morgan fingerprint density at radius 3 is 2.53 bits per heavy atom. The van der Waals surface area contributed by atoms with E-state index in [9.17, 15) is 4.79 Å². The van der Waals surface area contributed by atoms with Gasteiger partial charge in [0.15, 0.2) is 5.82 Å². The van der Waals surface area contributed by atoms with Gasteiger partial charge in [-0.15, -0.1) is 0 Å². The van der Waals surface area contributed by atoms with E-state index in [1.165, 1.54) is 19.2 Å². The van der Waals surface area contributed by atoms with Gasteiger partial charge < -0.3 is 15.0 Å². The minimum absolute atomic E-state index is 0.0553. The summed E-state index contributed by atoms with van der Waals surface area (Å²) in [4.78, 5) is 37.3. The van der Waals surface area contributed by atoms with Crippen LogP contribution in [0.5, 0.6) is 6.01 Å². The largest absolute Gasteiger partial charge is 0.461 e. The van der Waals surface area contributed by atoms with Crippen LogP contribution in [0.25, 0.3) is 39.0 Å². The smallest absolute Gasteiger partial charge is 0.319 e. The van der Waals surface area contributed by atoms with E-state index in [-0.39, 0.29) is 28.7 Å². The Labute approximate surface area is 289 Å². The van der Waals surface area contributed by atoms with Crippen molar-refractivity contribution in [2.45, 2.75) is 44.1 Å². The number of fused-ring (bicyclic) bond motifs is 3. The van der Waals surface area contributed by atoms with E-state index in [1.54, 1.807) is 43.7 Å². The zero-order valence-corrected chi connectivity index (χ0v) is 28.2. The molecule has 3 aliphatic rings. The maximum absolute atomic E-state index is 16.0. The number of nitrogens with zero attached hydrogens (tertiary/aromatic N) is 7. The van der Waals surface area contributed by atoms with Crippen molar-refractivity contribution in [2.24, 2.45) is 0 Å². The van der Waals surface area contributed by atoms with Crippen molar-refractivity contribution >= 4 is 51.1 Å². The summed E-state index contributed by atoms with van der Waals surface area (Å²) in [7, 11) is 1.75. The van der Waals surface area contributed by atoms with Gasteiger partial charge >= 0.3 is 6.01 Å². The van der Waals surface area contributed by atoms with Crippen LogP contribution in [-0.4, -0.2) is 86.0 Å². The molecule has 5 aromatic rings. The molecule has 6 heterocycles. The van der Waals surface area contributed by atoms with Crippen LogP contribution in [0, 0.1) is 5.82 Å². The Morgan fingerprint density at radius 2 is 1.80 bits per heavy atom. The molecule has 0 spiro atoms. The summed E-state index contributed by atoms with van der Waals surface area (Å²) >= 11 is 6.49. The fraction of sp³-hybridized carbons (Fsp3) is 0.351. The molecule has 0 aliphatic carbocycles. The second-order valence-corrected chi connectivity index (χ2v) is 13.0. The van der Waals surface area contributed by atoms with Crippen LogP contribution in [0.3, 0.4) is 0 Å². The van der Waals surface area contributed by atoms with Crippen LogP contribution in [0.1, 0.15) is 44.2 Å². The molecule has 0 bridgehead atoms. The standard InChI is InChI=1S/C26H25ClFN5O.C11H13N3O/c1-29-24-18-14-30-22(17-8-2-6-16-7-3-9-19(27)20(16)17)21(28)23(18)31-25(32-24)34-15-26-10-4-12-33(26)13-5-11-26;15-11(14-7-1-2-8-14)4-3-10-5-6-12-9-13-10/h2-3,6-9,14H,4-5,10-13,15H2,1H3,(H,29,31,32);3-6,9H,1-2,7-8H2/b;4-3+. The minimum atomic E-state index is -0.518. The number of carbonyl (C=O) groups is 1. The number of anilines is 1. The van der Waals surface area contributed by atoms with E-state index in [2.05, 4.69) is 35.1 Å². The van der Waals surface area contributed by atoms with Crippen LogP contribution >= 0.6 is 11.6 Å². The van der Waals surface area contributed by atoms with Crippen molar-refractivity contribution in [3.05, 3.63) is 83.8 Å². The van der Waals surface area contributed by atoms with Gasteiger partial charge in [-0.2, -0.15) is 9.97 Å². The summed E-state index contributed by atoms with van der Waals surface area (Å²) in [6.45, 7) is 4.50. The highest BCUT2D eigenvalue weighted by molar-refractivity contribution is 6.36. The van der Waals surface area contributed by atoms with Crippen molar-refractivity contribution in [2.75, 3.05) is 45.2 Å². The Morgan fingerprint density at radius 1 is 1.02 bits per heavy atom. The maximum atomic E-state index is 16.0. The molecule has 252 valence electrons. The van der Waals surface area contributed by atoms with Gasteiger partial charge in [-0.05, 0) is 75.2 Å². The highest BCUT2D eigenvalue weighted by Crippen LogP contribution is 2.40. The van der Waals surface area contributed by atoms with Gasteiger partial charge in [0.25, 0.3) is 0 Å². The van der Waals surface area contributed by atoms with Crippen LogP contribution in [0.15, 0.2) is 67.3 Å². The lowest BCUT2D eigenvalue weighted by atomic mass is 9.95. The number of nitrogens with one attached hydrogen (secondary N) is 1. The number of rotatable bonds is 7. The summed E-state index contributed by atoms with van der Waals surface area (Å²) in [6, 6.07) is 13.2. The van der Waals surface area contributed by atoms with Gasteiger partial charge in [0.1, 0.15) is 30.0 Å². The van der Waals surface area contributed by atoms with Gasteiger partial charge in [0.05, 0.1) is 16.6 Å². The average molecular weight is 681 g/mol. The Balaban J connectivity index is 0.000000211. The molecule has 0 radical (unpaired) electrons. The van der Waals surface area contributed by atoms with Gasteiger partial charge in [-0.3, -0.25) is 14.7 Å². The molecule has 3 aliphatic heterocycles. The summed E-state index contributed by atoms with van der Waals surface area (Å²) in [5.74, 6) is 0.0439. The number of hydrogen-bond donors (Lipinski definition) is 1. The van der Waals surface area contributed by atoms with Gasteiger partial charge in [0, 0.05) is 54.6 Å². The normalized spacial score (nSPS) is 17.0. The van der Waals surface area contributed by atoms with Crippen LogP contribution in [0.4, 0.5) is 10.2 Å². The third kappa shape index (κ3) is 6.78. The molecule has 3 aromatic heterocycles. The Hall–Kier alpha value is -4.74. The Kier molecular flexibility index (Phi) is 9.63. The molecule has 12 heteroatoms. The first-order valence-electron chi connectivity index (χ1n) is 16.8. The predicted octanol–water partition coefficient (Wildman–Crippen LogP) is 6.80. The van der Waals surface area contributed by atoms with E-state index < -0.39 is 5.82 Å². The molecule has 1 N–H and O–H groups in total. The van der Waals surface area contributed by atoms with Gasteiger partial charge in [-0.25, -0.2) is 14.4 Å². The number of likely N-dealkylation sites (tertiary alicyclic amines) is 1. The topological polar surface area (TPSA) is 109 Å². The number of amides is 1. The minimum Gasteiger partial charge on any atom is -0.461 e. The summed E-state index contributed by atoms with van der Waals surface area (Å²) in [6.07, 6.45) is 14.9. The zero-order valence-electron chi connectivity index (χ0n) is 27.4. The van der Waals surface area contributed by atoms with E-state index in [4.69, 9.17) is 16.3 Å². The summed E-state index contributed by atoms with van der Waals surface area (Å²) in [5, 5.41) is 5.78. The maximum Gasteiger partial charge on any atom is 0.319 e. The third-order valence-electron chi connectivity index (χ3n) is 9.71. The van der Waals surface area contributed by atoms with Crippen molar-refractivity contribution in [3.63, 3.8) is 0 Å². The van der Waals surface area contributed by atoms with Crippen molar-refractivity contribution < 1.29 is 13.9 Å². The molecule has 10 nitrogen and oxygen atoms in total. The first-order valence-corrected chi connectivity index (χ1v) is 17.2. The lowest BCUT2D eigenvalue weighted by Crippen LogP contribution is -2.43. The number of benzene rings is 2. The first-order chi connectivity index (χ1) is 24.0. The average Bonchev–Trinajstić information content (AvgIpc) is 3.90. The van der Waals surface area contributed by atoms with Crippen LogP contribution < -0.4 is 10.1 Å². The second kappa shape index (κ2) is 14.4. The number of carbonyl (C=O) groups excluding carboxylic acids is 1. The highest BCUT2D eigenvalue weighted by atomic mass is 35.5. The van der Waals surface area contributed by atoms with Crippen molar-refractivity contribution in [3.8, 4) is 17.3 Å². The van der Waals surface area contributed by atoms with Crippen molar-refractivity contribution in [1.82, 2.24) is 34.7 Å². The van der Waals surface area contributed by atoms with E-state index >= 15 is 4.39 Å². The molecular weight excluding hydrogens is 643 g/mol. The number of aromatic nitrogens is 5. The molecule has 3 saturated heterocycles. The van der Waals surface area contributed by atoms with E-state index in [1.807, 2.05) is 35.2 Å². The lowest BCUT2D eigenvalue weighted by Gasteiger charge is -2.31. The summed E-state index contributed by atoms with van der Waals surface area (Å²) < 4.78 is 22.1. The molecule has 49 heavy (non-hydrogen) atoms. The van der Waals surface area contributed by atoms with Crippen LogP contribution in [-0.2, 0) is 4.79 Å². The quantitative estimate of drug-likeness (QED) is 0.186. The number of hydrogen-bond acceptors (Lipinski definition) is 9. The fourth-order valence-electron chi connectivity index (χ4n) is 7.23. The van der Waals surface area contributed by atoms with Crippen molar-refractivity contribution in [1.29, 1.82) is 0 Å². The molecule has 0 atom stereocenters. The number of ether oxygens (including phenoxy) is 1. The van der Waals surface area contributed by atoms with Gasteiger partial charge in [0.2, 0.25) is 5.91 Å². The second-order valence-electron chi connectivity index (χ2n) is 12.6. The third-order valence-corrected chi connectivity index (χ3v) is 10.0. The number of halogens is 2. The molecule has 3 fully saturated rings. The lowest BCUT2D eigenvalue weighted by molar-refractivity contribution is -0.124. The molecule has 8 rings (SSSR count). The zero-order chi connectivity index (χ0) is 33.8. The molecular formula is C37H38ClFN8O2. The highest BCUT2D eigenvalue weighted by Gasteiger charge is 2.45. The van der Waals surface area contributed by atoms with Gasteiger partial charge in [-0.1, -0.05) is 41.9 Å². The molecule has 0 saturated carbocycles.